The number of benzene rings is 1. The first-order chi connectivity index (χ1) is 7.36. The van der Waals surface area contributed by atoms with Crippen LogP contribution in [0.25, 0.3) is 5.57 Å². The van der Waals surface area contributed by atoms with Crippen molar-refractivity contribution < 1.29 is 0 Å². The first-order valence-corrected chi connectivity index (χ1v) is 6.15. The third kappa shape index (κ3) is 2.98. The summed E-state index contributed by atoms with van der Waals surface area (Å²) in [5, 5.41) is 0. The molecule has 1 aromatic rings. The van der Waals surface area contributed by atoms with Crippen LogP contribution in [0.3, 0.4) is 0 Å². The monoisotopic (exact) mass is 216 g/mol. The first kappa shape index (κ1) is 13.0. The van der Waals surface area contributed by atoms with Crippen molar-refractivity contribution in [2.75, 3.05) is 0 Å². The predicted molar refractivity (Wildman–Crippen MR) is 73.8 cm³/mol. The molecular weight excluding hydrogens is 192 g/mol. The number of rotatable bonds is 3. The molecular formula is C16H24. The third-order valence-electron chi connectivity index (χ3n) is 2.95. The van der Waals surface area contributed by atoms with Crippen molar-refractivity contribution in [3.63, 3.8) is 0 Å². The lowest BCUT2D eigenvalue weighted by Gasteiger charge is -2.21. The number of allylic oxidation sites excluding steroid dienone is 1. The summed E-state index contributed by atoms with van der Waals surface area (Å²) in [5.41, 5.74) is 5.60. The van der Waals surface area contributed by atoms with Gasteiger partial charge in [-0.05, 0) is 35.4 Å². The molecule has 0 bridgehead atoms. The fourth-order valence-electron chi connectivity index (χ4n) is 1.95. The molecule has 0 unspecified atom stereocenters. The Balaban J connectivity index is 3.22. The average Bonchev–Trinajstić information content (AvgIpc) is 2.16. The Bertz CT molecular complexity index is 378. The molecule has 0 heteroatoms. The molecule has 0 aromatic heterocycles. The van der Waals surface area contributed by atoms with Crippen molar-refractivity contribution in [3.05, 3.63) is 41.5 Å². The largest absolute Gasteiger partial charge is 0.0955 e. The maximum Gasteiger partial charge on any atom is -0.0132 e. The summed E-state index contributed by atoms with van der Waals surface area (Å²) in [5.74, 6) is 0. The highest BCUT2D eigenvalue weighted by Crippen LogP contribution is 2.27. The number of hydrogen-bond acceptors (Lipinski definition) is 0. The molecule has 0 aliphatic rings. The Morgan fingerprint density at radius 3 is 2.31 bits per heavy atom. The van der Waals surface area contributed by atoms with Gasteiger partial charge in [0.25, 0.3) is 0 Å². The van der Waals surface area contributed by atoms with Crippen molar-refractivity contribution in [1.29, 1.82) is 0 Å². The molecule has 88 valence electrons. The molecule has 0 fully saturated rings. The van der Waals surface area contributed by atoms with Crippen LogP contribution in [-0.4, -0.2) is 0 Å². The number of aryl methyl sites for hydroxylation is 1. The smallest absolute Gasteiger partial charge is 0.0132 e. The van der Waals surface area contributed by atoms with E-state index in [0.29, 0.717) is 0 Å². The van der Waals surface area contributed by atoms with Gasteiger partial charge in [0.1, 0.15) is 0 Å². The summed E-state index contributed by atoms with van der Waals surface area (Å²) in [6, 6.07) is 6.82. The summed E-state index contributed by atoms with van der Waals surface area (Å²) in [4.78, 5) is 0. The molecule has 0 saturated carbocycles. The maximum atomic E-state index is 4.06. The van der Waals surface area contributed by atoms with Crippen LogP contribution in [0.2, 0.25) is 0 Å². The Labute approximate surface area is 100 Å². The second kappa shape index (κ2) is 4.86. The van der Waals surface area contributed by atoms with E-state index in [-0.39, 0.29) is 5.41 Å². The Kier molecular flexibility index (Phi) is 3.96. The second-order valence-corrected chi connectivity index (χ2v) is 5.65. The molecule has 0 spiro atoms. The van der Waals surface area contributed by atoms with Gasteiger partial charge in [0.15, 0.2) is 0 Å². The topological polar surface area (TPSA) is 0 Å². The summed E-state index contributed by atoms with van der Waals surface area (Å²) >= 11 is 0. The van der Waals surface area contributed by atoms with Gasteiger partial charge in [0, 0.05) is 0 Å². The third-order valence-corrected chi connectivity index (χ3v) is 2.95. The van der Waals surface area contributed by atoms with Crippen LogP contribution in [0.1, 0.15) is 57.7 Å². The van der Waals surface area contributed by atoms with Crippen molar-refractivity contribution in [2.45, 2.75) is 52.9 Å². The standard InChI is InChI=1S/C16H24/c1-7-8-13-11-14(16(4,5)6)9-10-15(13)12(2)3/h9-11H,2,7-8H2,1,3-6H3. The minimum Gasteiger partial charge on any atom is -0.0955 e. The van der Waals surface area contributed by atoms with Crippen LogP contribution in [0.4, 0.5) is 0 Å². The van der Waals surface area contributed by atoms with Crippen molar-refractivity contribution in [2.24, 2.45) is 0 Å². The van der Waals surface area contributed by atoms with Crippen LogP contribution in [0, 0.1) is 0 Å². The predicted octanol–water partition coefficient (Wildman–Crippen LogP) is 4.97. The van der Waals surface area contributed by atoms with Crippen LogP contribution in [0.15, 0.2) is 24.8 Å². The zero-order valence-electron chi connectivity index (χ0n) is 11.4. The minimum absolute atomic E-state index is 0.232. The molecule has 0 aliphatic carbocycles. The zero-order valence-corrected chi connectivity index (χ0v) is 11.4. The zero-order chi connectivity index (χ0) is 12.3. The lowest BCUT2D eigenvalue weighted by molar-refractivity contribution is 0.589. The molecule has 0 radical (unpaired) electrons. The van der Waals surface area contributed by atoms with Gasteiger partial charge < -0.3 is 0 Å². The van der Waals surface area contributed by atoms with Gasteiger partial charge in [-0.2, -0.15) is 0 Å². The molecule has 1 aromatic carbocycles. The van der Waals surface area contributed by atoms with Gasteiger partial charge in [-0.1, -0.05) is 64.5 Å². The Morgan fingerprint density at radius 1 is 1.25 bits per heavy atom. The molecule has 0 amide bonds. The summed E-state index contributed by atoms with van der Waals surface area (Å²) in [7, 11) is 0. The molecule has 0 atom stereocenters. The molecule has 0 saturated heterocycles. The fraction of sp³-hybridized carbons (Fsp3) is 0.500. The van der Waals surface area contributed by atoms with E-state index >= 15 is 0 Å². The highest BCUT2D eigenvalue weighted by Gasteiger charge is 2.15. The molecule has 0 heterocycles. The van der Waals surface area contributed by atoms with E-state index in [1.54, 1.807) is 0 Å². The van der Waals surface area contributed by atoms with Crippen LogP contribution >= 0.6 is 0 Å². The van der Waals surface area contributed by atoms with E-state index < -0.39 is 0 Å². The summed E-state index contributed by atoms with van der Waals surface area (Å²) in [6.07, 6.45) is 2.33. The minimum atomic E-state index is 0.232. The van der Waals surface area contributed by atoms with Crippen LogP contribution in [0.5, 0.6) is 0 Å². The summed E-state index contributed by atoms with van der Waals surface area (Å²) in [6.45, 7) is 15.2. The van der Waals surface area contributed by atoms with Crippen LogP contribution in [-0.2, 0) is 11.8 Å². The average molecular weight is 216 g/mol. The maximum absolute atomic E-state index is 4.06. The SMILES string of the molecule is C=C(C)c1ccc(C(C)(C)C)cc1CCC. The van der Waals surface area contributed by atoms with Gasteiger partial charge in [-0.15, -0.1) is 0 Å². The van der Waals surface area contributed by atoms with Gasteiger partial charge in [-0.3, -0.25) is 0 Å². The lowest BCUT2D eigenvalue weighted by Crippen LogP contribution is -2.12. The van der Waals surface area contributed by atoms with E-state index in [1.165, 1.54) is 28.7 Å². The van der Waals surface area contributed by atoms with Crippen molar-refractivity contribution in [1.82, 2.24) is 0 Å². The van der Waals surface area contributed by atoms with E-state index in [9.17, 15) is 0 Å². The normalized spacial score (nSPS) is 11.6. The van der Waals surface area contributed by atoms with Gasteiger partial charge >= 0.3 is 0 Å². The Morgan fingerprint density at radius 2 is 1.88 bits per heavy atom. The highest BCUT2D eigenvalue weighted by atomic mass is 14.2. The molecule has 0 N–H and O–H groups in total. The Hall–Kier alpha value is -1.04. The molecule has 16 heavy (non-hydrogen) atoms. The van der Waals surface area contributed by atoms with E-state index in [2.05, 4.69) is 59.4 Å². The highest BCUT2D eigenvalue weighted by molar-refractivity contribution is 5.65. The lowest BCUT2D eigenvalue weighted by atomic mass is 9.84. The van der Waals surface area contributed by atoms with Gasteiger partial charge in [0.05, 0.1) is 0 Å². The summed E-state index contributed by atoms with van der Waals surface area (Å²) < 4.78 is 0. The van der Waals surface area contributed by atoms with Gasteiger partial charge in [-0.25, -0.2) is 0 Å². The van der Waals surface area contributed by atoms with E-state index in [1.807, 2.05) is 0 Å². The first-order valence-electron chi connectivity index (χ1n) is 6.15. The van der Waals surface area contributed by atoms with Crippen LogP contribution < -0.4 is 0 Å². The second-order valence-electron chi connectivity index (χ2n) is 5.65. The number of hydrogen-bond donors (Lipinski definition) is 0. The van der Waals surface area contributed by atoms with Crippen molar-refractivity contribution >= 4 is 5.57 Å². The molecule has 0 aliphatic heterocycles. The molecule has 1 rings (SSSR count). The fourth-order valence-corrected chi connectivity index (χ4v) is 1.95. The quantitative estimate of drug-likeness (QED) is 0.669. The van der Waals surface area contributed by atoms with E-state index in [4.69, 9.17) is 0 Å². The van der Waals surface area contributed by atoms with E-state index in [0.717, 1.165) is 6.42 Å². The van der Waals surface area contributed by atoms with Gasteiger partial charge in [0.2, 0.25) is 0 Å². The molecule has 0 nitrogen and oxygen atoms in total. The van der Waals surface area contributed by atoms with Crippen molar-refractivity contribution in [3.8, 4) is 0 Å².